The summed E-state index contributed by atoms with van der Waals surface area (Å²) < 4.78 is 5.12. The highest BCUT2D eigenvalue weighted by Crippen LogP contribution is 2.40. The molecule has 4 N–H and O–H groups in total. The van der Waals surface area contributed by atoms with Crippen molar-refractivity contribution in [2.45, 2.75) is 44.4 Å². The SMILES string of the molecule is CC(C)(C)OC(=O)N[C@@H](CO)CC1(O)C(=O)Nc2cc(Cl)ccc21. The highest BCUT2D eigenvalue weighted by Gasteiger charge is 2.46. The first kappa shape index (κ1) is 18.5. The number of carbonyl (C=O) groups is 2. The van der Waals surface area contributed by atoms with Gasteiger partial charge in [0, 0.05) is 22.7 Å². The molecule has 0 aliphatic carbocycles. The molecule has 24 heavy (non-hydrogen) atoms. The molecule has 1 aromatic rings. The molecule has 0 saturated carbocycles. The van der Waals surface area contributed by atoms with Crippen LogP contribution in [0.5, 0.6) is 0 Å². The summed E-state index contributed by atoms with van der Waals surface area (Å²) in [6, 6.07) is 3.76. The van der Waals surface area contributed by atoms with Gasteiger partial charge < -0.3 is 25.6 Å². The lowest BCUT2D eigenvalue weighted by Gasteiger charge is -2.27. The van der Waals surface area contributed by atoms with Crippen molar-refractivity contribution in [2.75, 3.05) is 11.9 Å². The van der Waals surface area contributed by atoms with E-state index in [9.17, 15) is 19.8 Å². The zero-order valence-electron chi connectivity index (χ0n) is 13.7. The smallest absolute Gasteiger partial charge is 0.407 e. The second-order valence-corrected chi connectivity index (χ2v) is 7.17. The fourth-order valence-electron chi connectivity index (χ4n) is 2.52. The third kappa shape index (κ3) is 3.98. The lowest BCUT2D eigenvalue weighted by molar-refractivity contribution is -0.135. The van der Waals surface area contributed by atoms with Crippen LogP contribution in [0.15, 0.2) is 18.2 Å². The van der Waals surface area contributed by atoms with Crippen molar-refractivity contribution in [1.29, 1.82) is 0 Å². The molecule has 0 aromatic heterocycles. The number of nitrogens with one attached hydrogen (secondary N) is 2. The fraction of sp³-hybridized carbons (Fsp3) is 0.500. The molecule has 0 fully saturated rings. The summed E-state index contributed by atoms with van der Waals surface area (Å²) in [7, 11) is 0. The van der Waals surface area contributed by atoms with Crippen molar-refractivity contribution in [1.82, 2.24) is 5.32 Å². The summed E-state index contributed by atoms with van der Waals surface area (Å²) in [5.41, 5.74) is -1.82. The molecule has 7 nitrogen and oxygen atoms in total. The fourth-order valence-corrected chi connectivity index (χ4v) is 2.70. The first-order valence-corrected chi connectivity index (χ1v) is 7.87. The molecule has 0 bridgehead atoms. The molecule has 1 heterocycles. The molecule has 2 rings (SSSR count). The maximum absolute atomic E-state index is 12.2. The van der Waals surface area contributed by atoms with Crippen LogP contribution in [0.1, 0.15) is 32.8 Å². The minimum Gasteiger partial charge on any atom is -0.444 e. The highest BCUT2D eigenvalue weighted by atomic mass is 35.5. The normalized spacial score (nSPS) is 21.0. The minimum absolute atomic E-state index is 0.205. The monoisotopic (exact) mass is 356 g/mol. The van der Waals surface area contributed by atoms with Crippen molar-refractivity contribution in [3.8, 4) is 0 Å². The average Bonchev–Trinajstić information content (AvgIpc) is 2.67. The largest absolute Gasteiger partial charge is 0.444 e. The lowest BCUT2D eigenvalue weighted by atomic mass is 9.88. The van der Waals surface area contributed by atoms with E-state index in [2.05, 4.69) is 10.6 Å². The van der Waals surface area contributed by atoms with Crippen molar-refractivity contribution >= 4 is 29.3 Å². The van der Waals surface area contributed by atoms with Crippen LogP contribution < -0.4 is 10.6 Å². The Bertz CT molecular complexity index is 658. The zero-order valence-corrected chi connectivity index (χ0v) is 14.5. The van der Waals surface area contributed by atoms with Gasteiger partial charge >= 0.3 is 6.09 Å². The van der Waals surface area contributed by atoms with Crippen LogP contribution in [0.25, 0.3) is 0 Å². The molecule has 2 atom stereocenters. The molecule has 0 spiro atoms. The van der Waals surface area contributed by atoms with Gasteiger partial charge in [-0.3, -0.25) is 4.79 Å². The summed E-state index contributed by atoms with van der Waals surface area (Å²) in [6.07, 6.45) is -0.941. The van der Waals surface area contributed by atoms with E-state index in [1.165, 1.54) is 12.1 Å². The van der Waals surface area contributed by atoms with E-state index < -0.39 is 35.9 Å². The predicted octanol–water partition coefficient (Wildman–Crippen LogP) is 1.76. The van der Waals surface area contributed by atoms with Crippen molar-refractivity contribution in [3.05, 3.63) is 28.8 Å². The van der Waals surface area contributed by atoms with Crippen molar-refractivity contribution < 1.29 is 24.5 Å². The first-order chi connectivity index (χ1) is 11.0. The van der Waals surface area contributed by atoms with E-state index in [-0.39, 0.29) is 6.42 Å². The minimum atomic E-state index is -1.87. The number of alkyl carbamates (subject to hydrolysis) is 1. The first-order valence-electron chi connectivity index (χ1n) is 7.49. The molecule has 0 radical (unpaired) electrons. The number of carbonyl (C=O) groups excluding carboxylic acids is 2. The molecule has 0 saturated heterocycles. The van der Waals surface area contributed by atoms with E-state index >= 15 is 0 Å². The standard InChI is InChI=1S/C16H21ClN2O5/c1-15(2,3)24-14(22)18-10(8-20)7-16(23)11-5-4-9(17)6-12(11)19-13(16)21/h4-6,10,20,23H,7-8H2,1-3H3,(H,18,22)(H,19,21)/t10-,16?/m1/s1. The van der Waals surface area contributed by atoms with E-state index in [4.69, 9.17) is 16.3 Å². The van der Waals surface area contributed by atoms with Crippen LogP contribution in [0.4, 0.5) is 10.5 Å². The molecule has 1 aliphatic rings. The van der Waals surface area contributed by atoms with Crippen LogP contribution in [-0.2, 0) is 15.1 Å². The van der Waals surface area contributed by atoms with Crippen molar-refractivity contribution in [3.63, 3.8) is 0 Å². The van der Waals surface area contributed by atoms with Crippen LogP contribution in [0.3, 0.4) is 0 Å². The number of hydrogen-bond acceptors (Lipinski definition) is 5. The Labute approximate surface area is 145 Å². The van der Waals surface area contributed by atoms with Gasteiger partial charge in [-0.15, -0.1) is 0 Å². The molecule has 1 aromatic carbocycles. The maximum atomic E-state index is 12.2. The molecule has 132 valence electrons. The number of aliphatic hydroxyl groups is 2. The number of aliphatic hydroxyl groups excluding tert-OH is 1. The number of rotatable bonds is 4. The van der Waals surface area contributed by atoms with E-state index in [1.807, 2.05) is 0 Å². The van der Waals surface area contributed by atoms with E-state index in [0.717, 1.165) is 0 Å². The third-order valence-electron chi connectivity index (χ3n) is 3.53. The second kappa shape index (κ2) is 6.58. The zero-order chi connectivity index (χ0) is 18.1. The molecule has 1 unspecified atom stereocenters. The number of halogens is 1. The topological polar surface area (TPSA) is 108 Å². The summed E-state index contributed by atoms with van der Waals surface area (Å²) in [5.74, 6) is -0.635. The second-order valence-electron chi connectivity index (χ2n) is 6.73. The van der Waals surface area contributed by atoms with Gasteiger partial charge in [-0.05, 0) is 32.9 Å². The number of anilines is 1. The van der Waals surface area contributed by atoms with Crippen LogP contribution in [0.2, 0.25) is 5.02 Å². The average molecular weight is 357 g/mol. The van der Waals surface area contributed by atoms with Gasteiger partial charge in [0.05, 0.1) is 12.6 Å². The number of ether oxygens (including phenoxy) is 1. The van der Waals surface area contributed by atoms with Crippen LogP contribution >= 0.6 is 11.6 Å². The van der Waals surface area contributed by atoms with Gasteiger partial charge in [-0.25, -0.2) is 4.79 Å². The Kier molecular flexibility index (Phi) is 5.08. The van der Waals surface area contributed by atoms with Gasteiger partial charge in [-0.2, -0.15) is 0 Å². The Morgan fingerprint density at radius 3 is 2.71 bits per heavy atom. The highest BCUT2D eigenvalue weighted by molar-refractivity contribution is 6.31. The predicted molar refractivity (Wildman–Crippen MR) is 88.8 cm³/mol. The van der Waals surface area contributed by atoms with Crippen molar-refractivity contribution in [2.24, 2.45) is 0 Å². The molecule has 2 amide bonds. The molecular formula is C16H21ClN2O5. The van der Waals surface area contributed by atoms with Gasteiger partial charge in [-0.1, -0.05) is 17.7 Å². The Hall–Kier alpha value is -1.83. The van der Waals surface area contributed by atoms with Gasteiger partial charge in [0.1, 0.15) is 5.60 Å². The third-order valence-corrected chi connectivity index (χ3v) is 3.77. The summed E-state index contributed by atoms with van der Waals surface area (Å²) in [4.78, 5) is 24.0. The number of fused-ring (bicyclic) bond motifs is 1. The molecular weight excluding hydrogens is 336 g/mol. The molecule has 1 aliphatic heterocycles. The Morgan fingerprint density at radius 1 is 1.46 bits per heavy atom. The summed E-state index contributed by atoms with van der Waals surface area (Å²) >= 11 is 5.88. The number of amides is 2. The summed E-state index contributed by atoms with van der Waals surface area (Å²) in [5, 5.41) is 25.7. The maximum Gasteiger partial charge on any atom is 0.407 e. The lowest BCUT2D eigenvalue weighted by Crippen LogP contribution is -2.47. The quantitative estimate of drug-likeness (QED) is 0.657. The van der Waals surface area contributed by atoms with Gasteiger partial charge in [0.25, 0.3) is 5.91 Å². The van der Waals surface area contributed by atoms with E-state index in [1.54, 1.807) is 26.8 Å². The Morgan fingerprint density at radius 2 is 2.12 bits per heavy atom. The van der Waals surface area contributed by atoms with Gasteiger partial charge in [0.2, 0.25) is 0 Å². The van der Waals surface area contributed by atoms with Crippen LogP contribution in [-0.4, -0.2) is 40.5 Å². The van der Waals surface area contributed by atoms with Crippen LogP contribution in [0, 0.1) is 0 Å². The number of benzene rings is 1. The van der Waals surface area contributed by atoms with Gasteiger partial charge in [0.15, 0.2) is 5.60 Å². The number of hydrogen-bond donors (Lipinski definition) is 4. The molecule has 8 heteroatoms. The summed E-state index contributed by atoms with van der Waals surface area (Å²) in [6.45, 7) is 4.66. The Balaban J connectivity index is 2.16. The van der Waals surface area contributed by atoms with E-state index in [0.29, 0.717) is 16.3 Å².